The quantitative estimate of drug-likeness (QED) is 0.454. The normalized spacial score (nSPS) is 31.0. The molecule has 3 rings (SSSR count). The van der Waals surface area contributed by atoms with Crippen LogP contribution in [0, 0.1) is 41.4 Å². The van der Waals surface area contributed by atoms with E-state index in [2.05, 4.69) is 58.9 Å². The van der Waals surface area contributed by atoms with Crippen LogP contribution in [0.25, 0.3) is 0 Å². The van der Waals surface area contributed by atoms with E-state index in [4.69, 9.17) is 0 Å². The zero-order chi connectivity index (χ0) is 12.6. The van der Waals surface area contributed by atoms with Crippen LogP contribution in [0.4, 0.5) is 0 Å². The summed E-state index contributed by atoms with van der Waals surface area (Å²) in [6.45, 7) is 11.0. The van der Waals surface area contributed by atoms with Crippen molar-refractivity contribution in [3.8, 4) is 0 Å². The second kappa shape index (κ2) is 7.99. The van der Waals surface area contributed by atoms with E-state index >= 15 is 0 Å². The molecule has 0 spiro atoms. The molecule has 0 aliphatic heterocycles. The predicted molar refractivity (Wildman–Crippen MR) is 74.5 cm³/mol. The van der Waals surface area contributed by atoms with Gasteiger partial charge in [0, 0.05) is 0 Å². The van der Waals surface area contributed by atoms with E-state index < -0.39 is 0 Å². The number of fused-ring (bicyclic) bond motifs is 2. The van der Waals surface area contributed by atoms with Gasteiger partial charge in [0.15, 0.2) is 0 Å². The molecule has 0 amide bonds. The Bertz CT molecular complexity index is 250. The van der Waals surface area contributed by atoms with Crippen LogP contribution in [0.3, 0.4) is 0 Å². The summed E-state index contributed by atoms with van der Waals surface area (Å²) in [4.78, 5) is 0. The largest absolute Gasteiger partial charge is 3.00 e. The second-order valence-corrected chi connectivity index (χ2v) is 5.46. The van der Waals surface area contributed by atoms with Crippen LogP contribution in [0.1, 0.15) is 41.0 Å². The Morgan fingerprint density at radius 2 is 0.842 bits per heavy atom. The smallest absolute Gasteiger partial charge is 1.00 e. The van der Waals surface area contributed by atoms with Crippen molar-refractivity contribution in [1.29, 1.82) is 0 Å². The molecule has 0 nitrogen and oxygen atoms in total. The van der Waals surface area contributed by atoms with Gasteiger partial charge >= 0.3 is 19.5 Å². The Morgan fingerprint density at radius 1 is 0.632 bits per heavy atom. The molecule has 0 heterocycles. The third-order valence-electron chi connectivity index (χ3n) is 4.57. The summed E-state index contributed by atoms with van der Waals surface area (Å²) in [5.74, 6) is 8.96. The Kier molecular flexibility index (Phi) is 8.15. The third-order valence-corrected chi connectivity index (χ3v) is 4.57. The average Bonchev–Trinajstić information content (AvgIpc) is 3.02. The SMILES string of the molecule is C1=CC2C=CC1C2.C[C]1[C](C)[C](C)[C](C)[C]1C.[Cl-].[Ru+3]. The maximum absolute atomic E-state index is 2.30. The van der Waals surface area contributed by atoms with Gasteiger partial charge in [0.1, 0.15) is 0 Å². The molecule has 0 N–H and O–H groups in total. The Hall–Kier alpha value is 0.393. The standard InChI is InChI=1S/C10H15.C7H8.ClH.Ru/c1-6-7(2)9(4)10(5)8(6)3;1-2-7-4-3-6(1)5-7;;/h1-5H3;1-4,6-7H,5H2;1H;/q;;;+3/p-1. The molecule has 3 aliphatic carbocycles. The zero-order valence-corrected chi connectivity index (χ0v) is 14.9. The molecule has 2 heteroatoms. The first-order valence-corrected chi connectivity index (χ1v) is 6.57. The minimum Gasteiger partial charge on any atom is -1.00 e. The average molecular weight is 364 g/mol. The van der Waals surface area contributed by atoms with E-state index in [1.54, 1.807) is 0 Å². The van der Waals surface area contributed by atoms with Gasteiger partial charge in [-0.05, 0) is 47.8 Å². The number of allylic oxidation sites excluding steroid dienone is 4. The van der Waals surface area contributed by atoms with Crippen LogP contribution in [0.2, 0.25) is 0 Å². The fourth-order valence-corrected chi connectivity index (χ4v) is 2.73. The molecule has 0 unspecified atom stereocenters. The van der Waals surface area contributed by atoms with Crippen LogP contribution >= 0.6 is 0 Å². The van der Waals surface area contributed by atoms with E-state index in [1.165, 1.54) is 36.0 Å². The van der Waals surface area contributed by atoms with Crippen LogP contribution in [-0.4, -0.2) is 0 Å². The molecule has 0 aromatic rings. The van der Waals surface area contributed by atoms with Crippen LogP contribution in [-0.2, 0) is 19.5 Å². The van der Waals surface area contributed by atoms with Gasteiger partial charge in [-0.3, -0.25) is 0 Å². The first kappa shape index (κ1) is 19.4. The van der Waals surface area contributed by atoms with Crippen molar-refractivity contribution in [2.24, 2.45) is 11.8 Å². The zero-order valence-electron chi connectivity index (χ0n) is 12.4. The van der Waals surface area contributed by atoms with E-state index in [9.17, 15) is 0 Å². The summed E-state index contributed by atoms with van der Waals surface area (Å²) in [5.41, 5.74) is 0. The van der Waals surface area contributed by atoms with Crippen molar-refractivity contribution in [3.63, 3.8) is 0 Å². The van der Waals surface area contributed by atoms with Gasteiger partial charge in [-0.1, -0.05) is 58.9 Å². The maximum Gasteiger partial charge on any atom is 3.00 e. The molecule has 0 aromatic heterocycles. The molecule has 0 atom stereocenters. The number of halogens is 1. The summed E-state index contributed by atoms with van der Waals surface area (Å²) in [6, 6.07) is 0. The molecule has 6 radical (unpaired) electrons. The topological polar surface area (TPSA) is 0 Å². The third kappa shape index (κ3) is 4.18. The van der Waals surface area contributed by atoms with E-state index in [1.807, 2.05) is 0 Å². The van der Waals surface area contributed by atoms with Gasteiger partial charge in [-0.25, -0.2) is 0 Å². The van der Waals surface area contributed by atoms with Crippen LogP contribution in [0.5, 0.6) is 0 Å². The van der Waals surface area contributed by atoms with E-state index in [0.29, 0.717) is 0 Å². The molecular formula is C17H23ClRu+2. The second-order valence-electron chi connectivity index (χ2n) is 5.46. The van der Waals surface area contributed by atoms with Gasteiger partial charge in [0.2, 0.25) is 0 Å². The van der Waals surface area contributed by atoms with Gasteiger partial charge < -0.3 is 12.4 Å². The summed E-state index contributed by atoms with van der Waals surface area (Å²) < 4.78 is 0. The van der Waals surface area contributed by atoms with E-state index in [-0.39, 0.29) is 31.9 Å². The van der Waals surface area contributed by atoms with Crippen molar-refractivity contribution in [3.05, 3.63) is 53.9 Å². The van der Waals surface area contributed by atoms with Gasteiger partial charge in [0.25, 0.3) is 0 Å². The molecule has 19 heavy (non-hydrogen) atoms. The molecule has 104 valence electrons. The van der Waals surface area contributed by atoms with Crippen LogP contribution in [0.15, 0.2) is 24.3 Å². The molecule has 2 bridgehead atoms. The Labute approximate surface area is 138 Å². The molecule has 1 fully saturated rings. The molecule has 0 saturated heterocycles. The van der Waals surface area contributed by atoms with E-state index in [0.717, 1.165) is 11.8 Å². The first-order valence-electron chi connectivity index (χ1n) is 6.57. The summed E-state index contributed by atoms with van der Waals surface area (Å²) in [7, 11) is 0. The number of hydrogen-bond acceptors (Lipinski definition) is 0. The molecular weight excluding hydrogens is 341 g/mol. The number of hydrogen-bond donors (Lipinski definition) is 0. The van der Waals surface area contributed by atoms with Crippen molar-refractivity contribution in [2.75, 3.05) is 0 Å². The Morgan fingerprint density at radius 3 is 0.947 bits per heavy atom. The minimum atomic E-state index is 0. The minimum absolute atomic E-state index is 0. The molecule has 1 saturated carbocycles. The van der Waals surface area contributed by atoms with Gasteiger partial charge in [-0.15, -0.1) is 0 Å². The fraction of sp³-hybridized carbons (Fsp3) is 0.471. The number of rotatable bonds is 0. The van der Waals surface area contributed by atoms with Crippen molar-refractivity contribution in [2.45, 2.75) is 41.0 Å². The maximum atomic E-state index is 2.30. The van der Waals surface area contributed by atoms with Crippen molar-refractivity contribution in [1.82, 2.24) is 0 Å². The van der Waals surface area contributed by atoms with Gasteiger partial charge in [0.05, 0.1) is 0 Å². The summed E-state index contributed by atoms with van der Waals surface area (Å²) in [5, 5.41) is 0. The van der Waals surface area contributed by atoms with Crippen LogP contribution < -0.4 is 12.4 Å². The first-order chi connectivity index (χ1) is 8.00. The van der Waals surface area contributed by atoms with Crippen molar-refractivity contribution < 1.29 is 31.9 Å². The van der Waals surface area contributed by atoms with Crippen molar-refractivity contribution >= 4 is 0 Å². The summed E-state index contributed by atoms with van der Waals surface area (Å²) in [6.07, 6.45) is 10.5. The van der Waals surface area contributed by atoms with Gasteiger partial charge in [-0.2, -0.15) is 0 Å². The molecule has 3 aliphatic rings. The fourth-order valence-electron chi connectivity index (χ4n) is 2.73. The summed E-state index contributed by atoms with van der Waals surface area (Å²) >= 11 is 0. The predicted octanol–water partition coefficient (Wildman–Crippen LogP) is 1.72. The molecule has 0 aromatic carbocycles. The monoisotopic (exact) mass is 364 g/mol. The Balaban J connectivity index is 0.000000320.